The molecule has 1 aliphatic heterocycles. The molecule has 2 amide bonds. The van der Waals surface area contributed by atoms with Gasteiger partial charge in [-0.05, 0) is 44.1 Å². The van der Waals surface area contributed by atoms with Gasteiger partial charge in [0.25, 0.3) is 0 Å². The minimum Gasteiger partial charge on any atom is -0.352 e. The molecular formula is C14H23N3O2. The molecule has 19 heavy (non-hydrogen) atoms. The molecule has 0 aromatic heterocycles. The van der Waals surface area contributed by atoms with E-state index in [1.165, 1.54) is 12.8 Å². The van der Waals surface area contributed by atoms with Gasteiger partial charge >= 0.3 is 0 Å². The fraction of sp³-hybridized carbons (Fsp3) is 0.857. The average Bonchev–Trinajstić information content (AvgIpc) is 2.91. The van der Waals surface area contributed by atoms with E-state index in [2.05, 4.69) is 10.6 Å². The molecule has 2 aliphatic carbocycles. The maximum Gasteiger partial charge on any atom is 0.240 e. The first-order valence-electron chi connectivity index (χ1n) is 7.43. The molecule has 0 bridgehead atoms. The Balaban J connectivity index is 1.52. The van der Waals surface area contributed by atoms with Gasteiger partial charge in [-0.15, -0.1) is 0 Å². The lowest BCUT2D eigenvalue weighted by Crippen LogP contribution is -2.48. The number of fused-ring (bicyclic) bond motifs is 1. The maximum atomic E-state index is 12.4. The van der Waals surface area contributed by atoms with Crippen molar-refractivity contribution in [1.29, 1.82) is 0 Å². The molecule has 0 radical (unpaired) electrons. The first-order chi connectivity index (χ1) is 9.15. The lowest BCUT2D eigenvalue weighted by Gasteiger charge is -2.24. The number of carbonyl (C=O) groups is 2. The Morgan fingerprint density at radius 2 is 2.05 bits per heavy atom. The minimum absolute atomic E-state index is 0.0284. The highest BCUT2D eigenvalue weighted by atomic mass is 16.2. The second-order valence-corrected chi connectivity index (χ2v) is 6.28. The molecule has 3 unspecified atom stereocenters. The van der Waals surface area contributed by atoms with Crippen LogP contribution in [0.15, 0.2) is 0 Å². The molecule has 3 rings (SSSR count). The summed E-state index contributed by atoms with van der Waals surface area (Å²) in [7, 11) is 1.73. The van der Waals surface area contributed by atoms with Crippen LogP contribution in [0.2, 0.25) is 0 Å². The summed E-state index contributed by atoms with van der Waals surface area (Å²) in [6.45, 7) is 1.15. The molecule has 0 aromatic carbocycles. The molecular weight excluding hydrogens is 242 g/mol. The summed E-state index contributed by atoms with van der Waals surface area (Å²) in [5, 5.41) is 6.27. The minimum atomic E-state index is -0.0637. The SMILES string of the molecule is CN(CC(=O)NC1CC1)C(=O)C1NCC2CCCC21. The Bertz CT molecular complexity index is 381. The predicted molar refractivity (Wildman–Crippen MR) is 71.4 cm³/mol. The van der Waals surface area contributed by atoms with Gasteiger partial charge in [-0.3, -0.25) is 9.59 Å². The number of hydrogen-bond donors (Lipinski definition) is 2. The molecule has 5 nitrogen and oxygen atoms in total. The van der Waals surface area contributed by atoms with Crippen molar-refractivity contribution >= 4 is 11.8 Å². The van der Waals surface area contributed by atoms with E-state index in [4.69, 9.17) is 0 Å². The van der Waals surface area contributed by atoms with E-state index < -0.39 is 0 Å². The van der Waals surface area contributed by atoms with Crippen molar-refractivity contribution in [1.82, 2.24) is 15.5 Å². The molecule has 0 spiro atoms. The average molecular weight is 265 g/mol. The van der Waals surface area contributed by atoms with Gasteiger partial charge in [0.15, 0.2) is 0 Å². The topological polar surface area (TPSA) is 61.4 Å². The highest BCUT2D eigenvalue weighted by Crippen LogP contribution is 2.38. The highest BCUT2D eigenvalue weighted by Gasteiger charge is 2.43. The van der Waals surface area contributed by atoms with Gasteiger partial charge in [-0.25, -0.2) is 0 Å². The summed E-state index contributed by atoms with van der Waals surface area (Å²) in [6, 6.07) is 0.297. The maximum absolute atomic E-state index is 12.4. The third-order valence-electron chi connectivity index (χ3n) is 4.71. The van der Waals surface area contributed by atoms with E-state index in [0.717, 1.165) is 25.8 Å². The predicted octanol–water partition coefficient (Wildman–Crippen LogP) is 0.112. The molecule has 3 aliphatic rings. The first-order valence-corrected chi connectivity index (χ1v) is 7.43. The van der Waals surface area contributed by atoms with Gasteiger partial charge in [0, 0.05) is 13.1 Å². The van der Waals surface area contributed by atoms with Gasteiger partial charge in [0.05, 0.1) is 12.6 Å². The van der Waals surface area contributed by atoms with E-state index >= 15 is 0 Å². The third kappa shape index (κ3) is 2.76. The zero-order chi connectivity index (χ0) is 13.4. The van der Waals surface area contributed by atoms with Crippen LogP contribution in [0.3, 0.4) is 0 Å². The monoisotopic (exact) mass is 265 g/mol. The van der Waals surface area contributed by atoms with Gasteiger partial charge in [0.1, 0.15) is 0 Å². The van der Waals surface area contributed by atoms with Crippen molar-refractivity contribution in [3.63, 3.8) is 0 Å². The molecule has 1 heterocycles. The van der Waals surface area contributed by atoms with E-state index in [-0.39, 0.29) is 24.4 Å². The summed E-state index contributed by atoms with van der Waals surface area (Å²) in [6.07, 6.45) is 5.80. The van der Waals surface area contributed by atoms with Crippen LogP contribution in [0.4, 0.5) is 0 Å². The number of amides is 2. The molecule has 0 aromatic rings. The Morgan fingerprint density at radius 3 is 2.79 bits per heavy atom. The number of nitrogens with one attached hydrogen (secondary N) is 2. The van der Waals surface area contributed by atoms with E-state index in [9.17, 15) is 9.59 Å². The van der Waals surface area contributed by atoms with Gasteiger partial charge in [-0.2, -0.15) is 0 Å². The van der Waals surface area contributed by atoms with E-state index in [1.54, 1.807) is 11.9 Å². The number of nitrogens with zero attached hydrogens (tertiary/aromatic N) is 1. The molecule has 5 heteroatoms. The van der Waals surface area contributed by atoms with E-state index in [0.29, 0.717) is 17.9 Å². The molecule has 3 fully saturated rings. The molecule has 106 valence electrons. The smallest absolute Gasteiger partial charge is 0.240 e. The van der Waals surface area contributed by atoms with Gasteiger partial charge < -0.3 is 15.5 Å². The van der Waals surface area contributed by atoms with Crippen LogP contribution >= 0.6 is 0 Å². The fourth-order valence-corrected chi connectivity index (χ4v) is 3.49. The Hall–Kier alpha value is -1.10. The van der Waals surface area contributed by atoms with Crippen molar-refractivity contribution in [2.75, 3.05) is 20.1 Å². The highest BCUT2D eigenvalue weighted by molar-refractivity contribution is 5.88. The van der Waals surface area contributed by atoms with Crippen LogP contribution in [0.1, 0.15) is 32.1 Å². The number of hydrogen-bond acceptors (Lipinski definition) is 3. The summed E-state index contributed by atoms with van der Waals surface area (Å²) in [5.74, 6) is 1.21. The summed E-state index contributed by atoms with van der Waals surface area (Å²) in [4.78, 5) is 25.7. The molecule has 2 saturated carbocycles. The van der Waals surface area contributed by atoms with E-state index in [1.807, 2.05) is 0 Å². The van der Waals surface area contributed by atoms with Crippen molar-refractivity contribution in [3.8, 4) is 0 Å². The lowest BCUT2D eigenvalue weighted by molar-refractivity contribution is -0.137. The quantitative estimate of drug-likeness (QED) is 0.758. The standard InChI is InChI=1S/C14H23N3O2/c1-17(8-12(18)16-10-5-6-10)14(19)13-11-4-2-3-9(11)7-15-13/h9-11,13,15H,2-8H2,1H3,(H,16,18). The van der Waals surface area contributed by atoms with Crippen molar-refractivity contribution in [2.45, 2.75) is 44.2 Å². The zero-order valence-corrected chi connectivity index (χ0v) is 11.5. The van der Waals surface area contributed by atoms with Crippen molar-refractivity contribution in [3.05, 3.63) is 0 Å². The Kier molecular flexibility index (Phi) is 3.48. The number of carbonyl (C=O) groups excluding carboxylic acids is 2. The van der Waals surface area contributed by atoms with Crippen LogP contribution in [0.25, 0.3) is 0 Å². The largest absolute Gasteiger partial charge is 0.352 e. The van der Waals surface area contributed by atoms with Crippen molar-refractivity contribution < 1.29 is 9.59 Å². The van der Waals surface area contributed by atoms with Gasteiger partial charge in [0.2, 0.25) is 11.8 Å². The second kappa shape index (κ2) is 5.12. The van der Waals surface area contributed by atoms with Crippen molar-refractivity contribution in [2.24, 2.45) is 11.8 Å². The first kappa shape index (κ1) is 12.9. The summed E-state index contributed by atoms with van der Waals surface area (Å²) >= 11 is 0. The summed E-state index contributed by atoms with van der Waals surface area (Å²) in [5.41, 5.74) is 0. The number of rotatable bonds is 4. The Morgan fingerprint density at radius 1 is 1.26 bits per heavy atom. The Labute approximate surface area is 114 Å². The van der Waals surface area contributed by atoms with Crippen LogP contribution in [-0.4, -0.2) is 48.9 Å². The van der Waals surface area contributed by atoms with Crippen LogP contribution in [0.5, 0.6) is 0 Å². The molecule has 2 N–H and O–H groups in total. The summed E-state index contributed by atoms with van der Waals surface area (Å²) < 4.78 is 0. The van der Waals surface area contributed by atoms with Crippen LogP contribution < -0.4 is 10.6 Å². The number of likely N-dealkylation sites (N-methyl/N-ethyl adjacent to an activating group) is 1. The molecule has 3 atom stereocenters. The fourth-order valence-electron chi connectivity index (χ4n) is 3.49. The second-order valence-electron chi connectivity index (χ2n) is 6.28. The molecule has 1 saturated heterocycles. The zero-order valence-electron chi connectivity index (χ0n) is 11.5. The normalized spacial score (nSPS) is 33.0. The van der Waals surface area contributed by atoms with Gasteiger partial charge in [-0.1, -0.05) is 6.42 Å². The van der Waals surface area contributed by atoms with Crippen LogP contribution in [0, 0.1) is 11.8 Å². The third-order valence-corrected chi connectivity index (χ3v) is 4.71. The van der Waals surface area contributed by atoms with Crippen LogP contribution in [-0.2, 0) is 9.59 Å². The lowest BCUT2D eigenvalue weighted by atomic mass is 9.93.